The number of carbonyl (C=O) groups is 1. The zero-order chi connectivity index (χ0) is 28.6. The van der Waals surface area contributed by atoms with Crippen LogP contribution in [0.1, 0.15) is 36.8 Å². The lowest BCUT2D eigenvalue weighted by molar-refractivity contribution is 0.249. The quantitative estimate of drug-likeness (QED) is 0.418. The van der Waals surface area contributed by atoms with Crippen molar-refractivity contribution in [3.05, 3.63) is 62.1 Å². The van der Waals surface area contributed by atoms with Gasteiger partial charge in [0.25, 0.3) is 5.56 Å². The Kier molecular flexibility index (Phi) is 8.07. The third-order valence-corrected chi connectivity index (χ3v) is 8.08. The summed E-state index contributed by atoms with van der Waals surface area (Å²) in [7, 11) is 4.60. The van der Waals surface area contributed by atoms with Gasteiger partial charge in [-0.3, -0.25) is 14.6 Å². The number of fused-ring (bicyclic) bond motifs is 1. The van der Waals surface area contributed by atoms with Gasteiger partial charge in [-0.05, 0) is 24.5 Å². The average Bonchev–Trinajstić information content (AvgIpc) is 2.94. The maximum atomic E-state index is 14.2. The molecule has 0 bridgehead atoms. The first-order chi connectivity index (χ1) is 19.2. The second-order valence-corrected chi connectivity index (χ2v) is 10.7. The Hall–Kier alpha value is -3.54. The predicted molar refractivity (Wildman–Crippen MR) is 155 cm³/mol. The number of carbonyl (C=O) groups excluding carboxylic acids is 1. The van der Waals surface area contributed by atoms with E-state index in [4.69, 9.17) is 43.4 Å². The van der Waals surface area contributed by atoms with Crippen molar-refractivity contribution in [2.45, 2.75) is 50.9 Å². The molecule has 1 aliphatic heterocycles. The van der Waals surface area contributed by atoms with E-state index in [1.165, 1.54) is 34.7 Å². The summed E-state index contributed by atoms with van der Waals surface area (Å²) in [5.41, 5.74) is 7.67. The van der Waals surface area contributed by atoms with Crippen LogP contribution in [0.5, 0.6) is 11.5 Å². The first-order valence-corrected chi connectivity index (χ1v) is 13.7. The summed E-state index contributed by atoms with van der Waals surface area (Å²) in [4.78, 5) is 38.8. The van der Waals surface area contributed by atoms with E-state index < -0.39 is 6.03 Å². The molecule has 2 aliphatic rings. The molecule has 40 heavy (non-hydrogen) atoms. The van der Waals surface area contributed by atoms with E-state index in [1.807, 2.05) is 0 Å². The van der Waals surface area contributed by atoms with Crippen LogP contribution >= 0.6 is 23.2 Å². The number of nitrogens with zero attached hydrogens (tertiary/aromatic N) is 5. The first-order valence-electron chi connectivity index (χ1n) is 12.9. The summed E-state index contributed by atoms with van der Waals surface area (Å²) in [6.45, 7) is 0.175. The van der Waals surface area contributed by atoms with Crippen molar-refractivity contribution >= 4 is 46.7 Å². The number of anilines is 3. The summed E-state index contributed by atoms with van der Waals surface area (Å²) < 4.78 is 12.3. The molecule has 1 saturated carbocycles. The molecule has 0 radical (unpaired) electrons. The van der Waals surface area contributed by atoms with Gasteiger partial charge in [-0.1, -0.05) is 36.0 Å². The molecule has 1 fully saturated rings. The molecule has 2 unspecified atom stereocenters. The Balaban J connectivity index is 1.59. The fraction of sp³-hybridized carbons (Fsp3) is 0.407. The molecular formula is C27H31Cl2N7O4. The molecule has 3 N–H and O–H groups in total. The van der Waals surface area contributed by atoms with Crippen molar-refractivity contribution < 1.29 is 14.3 Å². The van der Waals surface area contributed by atoms with Crippen molar-refractivity contribution in [3.8, 4) is 11.5 Å². The van der Waals surface area contributed by atoms with Gasteiger partial charge in [-0.25, -0.2) is 9.78 Å². The average molecular weight is 588 g/mol. The van der Waals surface area contributed by atoms with Gasteiger partial charge in [-0.15, -0.1) is 0 Å². The summed E-state index contributed by atoms with van der Waals surface area (Å²) >= 11 is 13.4. The molecule has 3 heterocycles. The van der Waals surface area contributed by atoms with Crippen molar-refractivity contribution in [3.63, 3.8) is 0 Å². The number of nitrogens with two attached hydrogens (primary N) is 1. The number of rotatable bonds is 7. The number of methoxy groups -OCH3 is 2. The van der Waals surface area contributed by atoms with Crippen LogP contribution in [0.15, 0.2) is 35.4 Å². The molecule has 5 rings (SSSR count). The van der Waals surface area contributed by atoms with Crippen LogP contribution in [0, 0.1) is 0 Å². The Bertz CT molecular complexity index is 1470. The first kappa shape index (κ1) is 28.0. The zero-order valence-electron chi connectivity index (χ0n) is 22.5. The normalized spacial score (nSPS) is 18.9. The van der Waals surface area contributed by atoms with E-state index >= 15 is 0 Å². The molecular weight excluding hydrogens is 557 g/mol. The lowest BCUT2D eigenvalue weighted by Crippen LogP contribution is -2.48. The third kappa shape index (κ3) is 5.28. The van der Waals surface area contributed by atoms with Crippen LogP contribution in [0.3, 0.4) is 0 Å². The van der Waals surface area contributed by atoms with E-state index in [0.29, 0.717) is 34.4 Å². The molecule has 11 nitrogen and oxygen atoms in total. The van der Waals surface area contributed by atoms with Crippen LogP contribution in [0.4, 0.5) is 22.2 Å². The largest absolute Gasteiger partial charge is 0.495 e. The van der Waals surface area contributed by atoms with Gasteiger partial charge in [-0.2, -0.15) is 4.98 Å². The minimum absolute atomic E-state index is 0.00512. The fourth-order valence-corrected chi connectivity index (χ4v) is 5.79. The highest BCUT2D eigenvalue weighted by Crippen LogP contribution is 2.48. The molecule has 2 amide bonds. The van der Waals surface area contributed by atoms with Crippen LogP contribution in [-0.4, -0.2) is 46.9 Å². The lowest BCUT2D eigenvalue weighted by Gasteiger charge is -2.37. The standard InChI is InChI=1S/C27H31Cl2N7O4/c1-34-9-8-15(10-21(34)37)13-36-25-16(12-31-26(33-25)32-18-7-5-4-6-17(18)30)14-35(27(36)38)24-22(28)19(39-2)11-20(40-3)23(24)29/h8-12,17-18H,4-7,13-14,30H2,1-3H3,(H,31,32,33). The molecule has 2 aromatic heterocycles. The van der Waals surface area contributed by atoms with E-state index in [1.54, 1.807) is 31.6 Å². The van der Waals surface area contributed by atoms with Gasteiger partial charge in [0.1, 0.15) is 27.4 Å². The van der Waals surface area contributed by atoms with Gasteiger partial charge in [0, 0.05) is 49.2 Å². The highest BCUT2D eigenvalue weighted by molar-refractivity contribution is 6.42. The number of ether oxygens (including phenoxy) is 2. The zero-order valence-corrected chi connectivity index (χ0v) is 24.0. The van der Waals surface area contributed by atoms with Gasteiger partial charge < -0.3 is 25.1 Å². The van der Waals surface area contributed by atoms with Gasteiger partial charge in [0.05, 0.1) is 33.0 Å². The van der Waals surface area contributed by atoms with E-state index in [9.17, 15) is 9.59 Å². The van der Waals surface area contributed by atoms with Crippen molar-refractivity contribution in [2.24, 2.45) is 12.8 Å². The number of hydrogen-bond acceptors (Lipinski definition) is 8. The van der Waals surface area contributed by atoms with E-state index in [0.717, 1.165) is 25.7 Å². The topological polar surface area (TPSA) is 128 Å². The van der Waals surface area contributed by atoms with Crippen molar-refractivity contribution in [1.29, 1.82) is 0 Å². The molecule has 0 spiro atoms. The number of hydrogen-bond donors (Lipinski definition) is 2. The summed E-state index contributed by atoms with van der Waals surface area (Å²) in [5, 5.41) is 3.67. The number of halogens is 2. The molecule has 212 valence electrons. The third-order valence-electron chi connectivity index (χ3n) is 7.35. The molecule has 0 saturated heterocycles. The monoisotopic (exact) mass is 587 g/mol. The Morgan fingerprint density at radius 1 is 1.10 bits per heavy atom. The number of pyridine rings is 1. The predicted octanol–water partition coefficient (Wildman–Crippen LogP) is 4.33. The second kappa shape index (κ2) is 11.5. The van der Waals surface area contributed by atoms with Crippen LogP contribution in [-0.2, 0) is 20.1 Å². The number of aryl methyl sites for hydroxylation is 1. The summed E-state index contributed by atoms with van der Waals surface area (Å²) in [6.07, 6.45) is 7.35. The van der Waals surface area contributed by atoms with Gasteiger partial charge in [0.15, 0.2) is 0 Å². The van der Waals surface area contributed by atoms with E-state index in [-0.39, 0.29) is 46.5 Å². The number of aromatic nitrogens is 3. The Labute approximate surface area is 241 Å². The van der Waals surface area contributed by atoms with Gasteiger partial charge >= 0.3 is 6.03 Å². The van der Waals surface area contributed by atoms with Crippen LogP contribution in [0.2, 0.25) is 10.0 Å². The van der Waals surface area contributed by atoms with E-state index in [2.05, 4.69) is 10.3 Å². The maximum absolute atomic E-state index is 14.2. The second-order valence-electron chi connectivity index (χ2n) is 9.94. The Morgan fingerprint density at radius 3 is 2.45 bits per heavy atom. The Morgan fingerprint density at radius 2 is 1.80 bits per heavy atom. The lowest BCUT2D eigenvalue weighted by atomic mass is 9.91. The van der Waals surface area contributed by atoms with Crippen LogP contribution < -0.4 is 35.9 Å². The smallest absolute Gasteiger partial charge is 0.330 e. The van der Waals surface area contributed by atoms with Crippen molar-refractivity contribution in [2.75, 3.05) is 29.3 Å². The maximum Gasteiger partial charge on any atom is 0.330 e. The summed E-state index contributed by atoms with van der Waals surface area (Å²) in [6, 6.07) is 4.42. The number of benzene rings is 1. The number of nitrogens with one attached hydrogen (secondary N) is 1. The molecule has 1 aromatic carbocycles. The SMILES string of the molecule is COc1cc(OC)c(Cl)c(N2Cc3cnc(NC4CCCCC4N)nc3N(Cc3ccn(C)c(=O)c3)C2=O)c1Cl. The van der Waals surface area contributed by atoms with Crippen molar-refractivity contribution in [1.82, 2.24) is 14.5 Å². The highest BCUT2D eigenvalue weighted by Gasteiger charge is 2.37. The molecule has 2 atom stereocenters. The number of amides is 2. The fourth-order valence-electron chi connectivity index (χ4n) is 5.09. The molecule has 1 aliphatic carbocycles. The summed E-state index contributed by atoms with van der Waals surface area (Å²) in [5.74, 6) is 1.41. The molecule has 13 heteroatoms. The highest BCUT2D eigenvalue weighted by atomic mass is 35.5. The number of urea groups is 1. The molecule has 3 aromatic rings. The van der Waals surface area contributed by atoms with Gasteiger partial charge in [0.2, 0.25) is 5.95 Å². The van der Waals surface area contributed by atoms with Crippen LogP contribution in [0.25, 0.3) is 0 Å². The minimum atomic E-state index is -0.439. The minimum Gasteiger partial charge on any atom is -0.495 e.